The van der Waals surface area contributed by atoms with Gasteiger partial charge in [0.05, 0.1) is 15.2 Å². The Morgan fingerprint density at radius 3 is 2.39 bits per heavy atom. The molecule has 0 spiro atoms. The van der Waals surface area contributed by atoms with Gasteiger partial charge in [-0.1, -0.05) is 24.3 Å². The summed E-state index contributed by atoms with van der Waals surface area (Å²) in [6.07, 6.45) is -0.327. The summed E-state index contributed by atoms with van der Waals surface area (Å²) in [7, 11) is -4.09. The molecule has 0 aliphatic rings. The molecule has 0 saturated carbocycles. The Bertz CT molecular complexity index is 914. The number of carbonyl (C=O) groups is 1. The molecular formula is C19H20IN2O5P. The lowest BCUT2D eigenvalue weighted by Crippen LogP contribution is -2.37. The molecule has 2 aromatic carbocycles. The van der Waals surface area contributed by atoms with Crippen LogP contribution in [-0.4, -0.2) is 18.1 Å². The second-order valence-corrected chi connectivity index (χ2v) is 8.84. The summed E-state index contributed by atoms with van der Waals surface area (Å²) in [4.78, 5) is 12.2. The number of nitrogens with one attached hydrogen (secondary N) is 1. The molecule has 0 radical (unpaired) electrons. The number of benzene rings is 2. The fourth-order valence-corrected chi connectivity index (χ4v) is 4.47. The van der Waals surface area contributed by atoms with Gasteiger partial charge in [0.2, 0.25) is 0 Å². The monoisotopic (exact) mass is 514 g/mol. The Morgan fingerprint density at radius 1 is 1.11 bits per heavy atom. The van der Waals surface area contributed by atoms with Crippen LogP contribution in [0.15, 0.2) is 48.5 Å². The Hall–Kier alpha value is -2.08. The topological polar surface area (TPSA) is 97.7 Å². The number of ether oxygens (including phenoxy) is 1. The molecule has 1 N–H and O–H groups in total. The van der Waals surface area contributed by atoms with Gasteiger partial charge in [0.25, 0.3) is 0 Å². The van der Waals surface area contributed by atoms with E-state index in [1.54, 1.807) is 62.4 Å². The van der Waals surface area contributed by atoms with E-state index in [-0.39, 0.29) is 23.2 Å². The Labute approximate surface area is 177 Å². The third-order valence-corrected chi connectivity index (χ3v) is 5.75. The fourth-order valence-electron chi connectivity index (χ4n) is 2.13. The smallest absolute Gasteiger partial charge is 0.462 e. The molecule has 0 aromatic heterocycles. The molecule has 28 heavy (non-hydrogen) atoms. The summed E-state index contributed by atoms with van der Waals surface area (Å²) >= 11 is 1.97. The van der Waals surface area contributed by atoms with Gasteiger partial charge in [-0.15, -0.1) is 0 Å². The fraction of sp³-hybridized carbons (Fsp3) is 0.263. The van der Waals surface area contributed by atoms with Crippen molar-refractivity contribution < 1.29 is 23.1 Å². The summed E-state index contributed by atoms with van der Waals surface area (Å²) in [6, 6.07) is 14.4. The maximum absolute atomic E-state index is 13.5. The van der Waals surface area contributed by atoms with Crippen molar-refractivity contribution in [3.8, 4) is 17.6 Å². The molecule has 1 unspecified atom stereocenters. The molecular weight excluding hydrogens is 494 g/mol. The van der Waals surface area contributed by atoms with Crippen molar-refractivity contribution in [1.29, 1.82) is 5.26 Å². The van der Waals surface area contributed by atoms with Crippen molar-refractivity contribution in [3.63, 3.8) is 0 Å². The van der Waals surface area contributed by atoms with Crippen LogP contribution in [0.25, 0.3) is 0 Å². The van der Waals surface area contributed by atoms with Gasteiger partial charge in [0.1, 0.15) is 17.9 Å². The van der Waals surface area contributed by atoms with Crippen LogP contribution in [0.4, 0.5) is 0 Å². The van der Waals surface area contributed by atoms with E-state index in [0.29, 0.717) is 3.57 Å². The molecule has 148 valence electrons. The molecule has 0 aliphatic heterocycles. The first-order valence-electron chi connectivity index (χ1n) is 8.45. The molecule has 2 aromatic rings. The number of nitriles is 1. The number of carbonyl (C=O) groups excluding carboxylic acids is 1. The number of hydrogen-bond donors (Lipinski definition) is 1. The van der Waals surface area contributed by atoms with Crippen molar-refractivity contribution >= 4 is 36.3 Å². The maximum atomic E-state index is 13.5. The minimum absolute atomic E-state index is 0.113. The summed E-state index contributed by atoms with van der Waals surface area (Å²) in [6.45, 7) is 4.93. The second-order valence-electron chi connectivity index (χ2n) is 6.06. The SMILES string of the molecule is CC(C)OC(=O)[C@H](C)NP(=O)(Oc1ccccc1)Oc1c(I)cccc1C#N. The molecule has 0 fully saturated rings. The molecule has 0 saturated heterocycles. The number of rotatable bonds is 8. The zero-order valence-corrected chi connectivity index (χ0v) is 18.6. The average Bonchev–Trinajstić information content (AvgIpc) is 2.63. The average molecular weight is 514 g/mol. The lowest BCUT2D eigenvalue weighted by atomic mass is 10.2. The van der Waals surface area contributed by atoms with Crippen molar-refractivity contribution in [2.75, 3.05) is 0 Å². The number of para-hydroxylation sites is 2. The highest BCUT2D eigenvalue weighted by Crippen LogP contribution is 2.47. The van der Waals surface area contributed by atoms with Crippen molar-refractivity contribution in [1.82, 2.24) is 5.09 Å². The lowest BCUT2D eigenvalue weighted by Gasteiger charge is -2.24. The zero-order valence-electron chi connectivity index (χ0n) is 15.6. The number of nitrogens with zero attached hydrogens (tertiary/aromatic N) is 1. The molecule has 0 heterocycles. The second kappa shape index (κ2) is 9.92. The number of esters is 1. The highest BCUT2D eigenvalue weighted by atomic mass is 127. The van der Waals surface area contributed by atoms with E-state index in [1.807, 2.05) is 28.7 Å². The van der Waals surface area contributed by atoms with Crippen LogP contribution in [0.5, 0.6) is 11.5 Å². The normalized spacial score (nSPS) is 13.9. The van der Waals surface area contributed by atoms with E-state index in [0.717, 1.165) is 0 Å². The van der Waals surface area contributed by atoms with E-state index in [4.69, 9.17) is 13.8 Å². The van der Waals surface area contributed by atoms with Gasteiger partial charge in [0, 0.05) is 0 Å². The Morgan fingerprint density at radius 2 is 1.79 bits per heavy atom. The molecule has 0 aliphatic carbocycles. The van der Waals surface area contributed by atoms with E-state index in [1.165, 1.54) is 6.92 Å². The number of halogens is 1. The third kappa shape index (κ3) is 6.23. The Kier molecular flexibility index (Phi) is 7.87. The third-order valence-electron chi connectivity index (χ3n) is 3.32. The van der Waals surface area contributed by atoms with Gasteiger partial charge in [-0.3, -0.25) is 4.79 Å². The van der Waals surface area contributed by atoms with Gasteiger partial charge in [-0.2, -0.15) is 10.3 Å². The van der Waals surface area contributed by atoms with E-state index in [2.05, 4.69) is 5.09 Å². The van der Waals surface area contributed by atoms with Crippen LogP contribution in [0.2, 0.25) is 0 Å². The number of hydrogen-bond acceptors (Lipinski definition) is 6. The van der Waals surface area contributed by atoms with Crippen LogP contribution >= 0.6 is 30.3 Å². The van der Waals surface area contributed by atoms with Crippen molar-refractivity contribution in [2.24, 2.45) is 0 Å². The Balaban J connectivity index is 2.35. The van der Waals surface area contributed by atoms with E-state index in [9.17, 15) is 14.6 Å². The molecule has 2 rings (SSSR count). The predicted molar refractivity (Wildman–Crippen MR) is 113 cm³/mol. The van der Waals surface area contributed by atoms with Gasteiger partial charge < -0.3 is 13.8 Å². The standard InChI is InChI=1S/C19H20IN2O5P/c1-13(2)25-19(23)14(3)22-28(24,26-16-9-5-4-6-10-16)27-18-15(12-21)8-7-11-17(18)20/h4-11,13-14H,1-3H3,(H,22,24)/t14-,28?/m0/s1. The van der Waals surface area contributed by atoms with Crippen LogP contribution < -0.4 is 14.1 Å². The first-order chi connectivity index (χ1) is 13.2. The zero-order chi connectivity index (χ0) is 20.7. The van der Waals surface area contributed by atoms with Crippen molar-refractivity contribution in [3.05, 3.63) is 57.7 Å². The van der Waals surface area contributed by atoms with Gasteiger partial charge >= 0.3 is 13.7 Å². The molecule has 0 amide bonds. The minimum atomic E-state index is -4.09. The van der Waals surface area contributed by atoms with Crippen molar-refractivity contribution in [2.45, 2.75) is 32.9 Å². The summed E-state index contributed by atoms with van der Waals surface area (Å²) in [5.41, 5.74) is 0.197. The molecule has 7 nitrogen and oxygen atoms in total. The first-order valence-corrected chi connectivity index (χ1v) is 11.1. The predicted octanol–water partition coefficient (Wildman–Crippen LogP) is 4.66. The van der Waals surface area contributed by atoms with Crippen LogP contribution in [0.3, 0.4) is 0 Å². The van der Waals surface area contributed by atoms with E-state index < -0.39 is 19.8 Å². The lowest BCUT2D eigenvalue weighted by molar-refractivity contribution is -0.149. The quantitative estimate of drug-likeness (QED) is 0.311. The van der Waals surface area contributed by atoms with Gasteiger partial charge in [-0.25, -0.2) is 4.57 Å². The van der Waals surface area contributed by atoms with Crippen LogP contribution in [-0.2, 0) is 14.1 Å². The van der Waals surface area contributed by atoms with Crippen LogP contribution in [0.1, 0.15) is 26.3 Å². The molecule has 9 heteroatoms. The van der Waals surface area contributed by atoms with Gasteiger partial charge in [-0.05, 0) is 67.6 Å². The van der Waals surface area contributed by atoms with E-state index >= 15 is 0 Å². The summed E-state index contributed by atoms with van der Waals surface area (Å²) in [5.74, 6) is -0.201. The molecule has 0 bridgehead atoms. The highest BCUT2D eigenvalue weighted by Gasteiger charge is 2.35. The largest absolute Gasteiger partial charge is 0.513 e. The molecule has 2 atom stereocenters. The summed E-state index contributed by atoms with van der Waals surface area (Å²) in [5, 5.41) is 11.9. The summed E-state index contributed by atoms with van der Waals surface area (Å²) < 4.78 is 30.5. The van der Waals surface area contributed by atoms with Crippen LogP contribution in [0, 0.1) is 14.9 Å². The van der Waals surface area contributed by atoms with Gasteiger partial charge in [0.15, 0.2) is 5.75 Å². The first kappa shape index (κ1) is 22.2. The maximum Gasteiger partial charge on any atom is 0.513 e. The minimum Gasteiger partial charge on any atom is -0.462 e. The highest BCUT2D eigenvalue weighted by molar-refractivity contribution is 14.1.